The Morgan fingerprint density at radius 3 is 2.74 bits per heavy atom. The number of carbonyl (C=O) groups is 1. The van der Waals surface area contributed by atoms with Crippen molar-refractivity contribution in [2.75, 3.05) is 12.9 Å². The highest BCUT2D eigenvalue weighted by molar-refractivity contribution is 8.00. The van der Waals surface area contributed by atoms with Gasteiger partial charge in [0.05, 0.1) is 34.8 Å². The molecule has 0 saturated carbocycles. The molecule has 0 atom stereocenters. The van der Waals surface area contributed by atoms with Crippen LogP contribution >= 0.6 is 23.4 Å². The van der Waals surface area contributed by atoms with E-state index in [1.807, 2.05) is 6.07 Å². The van der Waals surface area contributed by atoms with Crippen LogP contribution in [-0.4, -0.2) is 28.6 Å². The summed E-state index contributed by atoms with van der Waals surface area (Å²) < 4.78 is 20.3. The molecule has 0 aliphatic rings. The molecular formula is C15H13ClFN3O2S. The SMILES string of the molecule is COC(=O)CSc1cc(-n2nc(C)c(Cl)c2C)c(F)cc1C#N. The number of thioether (sulfide) groups is 1. The average molecular weight is 354 g/mol. The smallest absolute Gasteiger partial charge is 0.315 e. The first-order valence-electron chi connectivity index (χ1n) is 6.54. The third-order valence-corrected chi connectivity index (χ3v) is 4.75. The van der Waals surface area contributed by atoms with Gasteiger partial charge in [0.2, 0.25) is 0 Å². The van der Waals surface area contributed by atoms with Crippen LogP contribution in [0.2, 0.25) is 5.02 Å². The zero-order valence-corrected chi connectivity index (χ0v) is 14.3. The topological polar surface area (TPSA) is 67.9 Å². The van der Waals surface area contributed by atoms with E-state index in [4.69, 9.17) is 16.9 Å². The van der Waals surface area contributed by atoms with E-state index in [1.165, 1.54) is 17.9 Å². The van der Waals surface area contributed by atoms with Gasteiger partial charge in [-0.1, -0.05) is 11.6 Å². The van der Waals surface area contributed by atoms with Gasteiger partial charge in [0.15, 0.2) is 0 Å². The summed E-state index contributed by atoms with van der Waals surface area (Å²) in [5.74, 6) is -1.00. The molecule has 0 radical (unpaired) electrons. The van der Waals surface area contributed by atoms with Gasteiger partial charge >= 0.3 is 5.97 Å². The number of methoxy groups -OCH3 is 1. The summed E-state index contributed by atoms with van der Waals surface area (Å²) >= 11 is 7.20. The second-order valence-electron chi connectivity index (χ2n) is 4.67. The molecule has 1 aromatic heterocycles. The lowest BCUT2D eigenvalue weighted by Gasteiger charge is -2.10. The molecule has 0 bridgehead atoms. The lowest BCUT2D eigenvalue weighted by Crippen LogP contribution is -2.06. The molecule has 0 fully saturated rings. The van der Waals surface area contributed by atoms with E-state index in [9.17, 15) is 9.18 Å². The molecule has 1 heterocycles. The van der Waals surface area contributed by atoms with Crippen molar-refractivity contribution in [3.8, 4) is 11.8 Å². The van der Waals surface area contributed by atoms with Crippen molar-refractivity contribution in [3.05, 3.63) is 39.9 Å². The minimum atomic E-state index is -0.591. The van der Waals surface area contributed by atoms with E-state index >= 15 is 0 Å². The van der Waals surface area contributed by atoms with Gasteiger partial charge in [-0.25, -0.2) is 9.07 Å². The summed E-state index contributed by atoms with van der Waals surface area (Å²) in [5, 5.41) is 13.8. The zero-order chi connectivity index (χ0) is 17.1. The van der Waals surface area contributed by atoms with Gasteiger partial charge in [-0.3, -0.25) is 4.79 Å². The number of ether oxygens (including phenoxy) is 1. The molecule has 5 nitrogen and oxygen atoms in total. The highest BCUT2D eigenvalue weighted by Gasteiger charge is 2.17. The number of rotatable bonds is 4. The van der Waals surface area contributed by atoms with Crippen LogP contribution in [0.25, 0.3) is 5.69 Å². The van der Waals surface area contributed by atoms with E-state index in [0.29, 0.717) is 21.3 Å². The number of halogens is 2. The van der Waals surface area contributed by atoms with Crippen LogP contribution in [0.15, 0.2) is 17.0 Å². The molecule has 0 N–H and O–H groups in total. The van der Waals surface area contributed by atoms with Crippen LogP contribution in [0.1, 0.15) is 17.0 Å². The summed E-state index contributed by atoms with van der Waals surface area (Å²) in [4.78, 5) is 11.7. The molecule has 120 valence electrons. The molecule has 8 heteroatoms. The number of aromatic nitrogens is 2. The molecular weight excluding hydrogens is 341 g/mol. The molecule has 0 amide bonds. The van der Waals surface area contributed by atoms with Gasteiger partial charge in [-0.2, -0.15) is 10.4 Å². The van der Waals surface area contributed by atoms with Crippen molar-refractivity contribution in [2.24, 2.45) is 0 Å². The molecule has 23 heavy (non-hydrogen) atoms. The number of hydrogen-bond donors (Lipinski definition) is 0. The Morgan fingerprint density at radius 2 is 2.22 bits per heavy atom. The van der Waals surface area contributed by atoms with E-state index in [2.05, 4.69) is 9.84 Å². The first kappa shape index (κ1) is 17.3. The van der Waals surface area contributed by atoms with Crippen LogP contribution < -0.4 is 0 Å². The summed E-state index contributed by atoms with van der Waals surface area (Å²) in [6, 6.07) is 4.53. The number of nitriles is 1. The average Bonchev–Trinajstić information content (AvgIpc) is 2.80. The highest BCUT2D eigenvalue weighted by Crippen LogP contribution is 2.30. The van der Waals surface area contributed by atoms with Crippen LogP contribution in [0.4, 0.5) is 4.39 Å². The van der Waals surface area contributed by atoms with Crippen LogP contribution in [-0.2, 0) is 9.53 Å². The number of nitrogens with zero attached hydrogens (tertiary/aromatic N) is 3. The number of carbonyl (C=O) groups excluding carboxylic acids is 1. The first-order chi connectivity index (χ1) is 10.9. The summed E-state index contributed by atoms with van der Waals surface area (Å²) in [6.07, 6.45) is 0. The zero-order valence-electron chi connectivity index (χ0n) is 12.7. The fourth-order valence-electron chi connectivity index (χ4n) is 1.97. The van der Waals surface area contributed by atoms with Crippen molar-refractivity contribution >= 4 is 29.3 Å². The molecule has 2 aromatic rings. The normalized spacial score (nSPS) is 10.4. The molecule has 0 saturated heterocycles. The maximum absolute atomic E-state index is 14.3. The van der Waals surface area contributed by atoms with Crippen molar-refractivity contribution in [1.29, 1.82) is 5.26 Å². The molecule has 0 aliphatic carbocycles. The van der Waals surface area contributed by atoms with Gasteiger partial charge in [0.25, 0.3) is 0 Å². The van der Waals surface area contributed by atoms with E-state index in [1.54, 1.807) is 13.8 Å². The summed E-state index contributed by atoms with van der Waals surface area (Å²) in [7, 11) is 1.28. The van der Waals surface area contributed by atoms with Crippen LogP contribution in [0, 0.1) is 31.0 Å². The number of benzene rings is 1. The molecule has 0 aliphatic heterocycles. The molecule has 2 rings (SSSR count). The van der Waals surface area contributed by atoms with Crippen molar-refractivity contribution in [3.63, 3.8) is 0 Å². The van der Waals surface area contributed by atoms with E-state index < -0.39 is 11.8 Å². The Balaban J connectivity index is 2.50. The fraction of sp³-hybridized carbons (Fsp3) is 0.267. The third-order valence-electron chi connectivity index (χ3n) is 3.17. The Hall–Kier alpha value is -2.04. The van der Waals surface area contributed by atoms with Crippen LogP contribution in [0.5, 0.6) is 0 Å². The van der Waals surface area contributed by atoms with Gasteiger partial charge in [0, 0.05) is 4.90 Å². The van der Waals surface area contributed by atoms with Crippen molar-refractivity contribution < 1.29 is 13.9 Å². The number of hydrogen-bond acceptors (Lipinski definition) is 5. The number of esters is 1. The monoisotopic (exact) mass is 353 g/mol. The van der Waals surface area contributed by atoms with Gasteiger partial charge < -0.3 is 4.74 Å². The van der Waals surface area contributed by atoms with Crippen molar-refractivity contribution in [1.82, 2.24) is 9.78 Å². The Labute approximate surface area is 142 Å². The second kappa shape index (κ2) is 7.02. The largest absolute Gasteiger partial charge is 0.468 e. The van der Waals surface area contributed by atoms with Gasteiger partial charge in [-0.15, -0.1) is 11.8 Å². The lowest BCUT2D eigenvalue weighted by atomic mass is 10.2. The van der Waals surface area contributed by atoms with E-state index in [0.717, 1.165) is 17.8 Å². The lowest BCUT2D eigenvalue weighted by molar-refractivity contribution is -0.137. The fourth-order valence-corrected chi connectivity index (χ4v) is 2.93. The van der Waals surface area contributed by atoms with E-state index in [-0.39, 0.29) is 17.0 Å². The summed E-state index contributed by atoms with van der Waals surface area (Å²) in [6.45, 7) is 3.45. The molecule has 0 spiro atoms. The predicted octanol–water partition coefficient (Wildman–Crippen LogP) is 3.42. The summed E-state index contributed by atoms with van der Waals surface area (Å²) in [5.41, 5.74) is 1.49. The van der Waals surface area contributed by atoms with Crippen molar-refractivity contribution in [2.45, 2.75) is 18.7 Å². The third kappa shape index (κ3) is 3.49. The maximum Gasteiger partial charge on any atom is 0.315 e. The Bertz CT molecular complexity index is 814. The predicted molar refractivity (Wildman–Crippen MR) is 85.5 cm³/mol. The van der Waals surface area contributed by atoms with Crippen LogP contribution in [0.3, 0.4) is 0 Å². The first-order valence-corrected chi connectivity index (χ1v) is 7.90. The molecule has 0 unspecified atom stereocenters. The highest BCUT2D eigenvalue weighted by atomic mass is 35.5. The minimum absolute atomic E-state index is 0.0220. The minimum Gasteiger partial charge on any atom is -0.468 e. The Morgan fingerprint density at radius 1 is 1.52 bits per heavy atom. The van der Waals surface area contributed by atoms with Gasteiger partial charge in [-0.05, 0) is 26.0 Å². The maximum atomic E-state index is 14.3. The second-order valence-corrected chi connectivity index (χ2v) is 6.07. The quantitative estimate of drug-likeness (QED) is 0.622. The van der Waals surface area contributed by atoms with Gasteiger partial charge in [0.1, 0.15) is 17.6 Å². The Kier molecular flexibility index (Phi) is 5.29. The standard InChI is InChI=1S/C15H13ClFN3O2S/c1-8-15(16)9(2)20(19-8)12-5-13(23-7-14(21)22-3)10(6-18)4-11(12)17/h4-5H,7H2,1-3H3. The number of aryl methyl sites for hydroxylation is 1. The molecule has 1 aromatic carbocycles.